The van der Waals surface area contributed by atoms with Gasteiger partial charge in [-0.15, -0.1) is 11.6 Å². The van der Waals surface area contributed by atoms with Crippen LogP contribution in [-0.2, 0) is 0 Å². The van der Waals surface area contributed by atoms with E-state index in [9.17, 15) is 15.0 Å². The van der Waals surface area contributed by atoms with Crippen molar-refractivity contribution >= 4 is 17.6 Å². The van der Waals surface area contributed by atoms with Crippen molar-refractivity contribution in [2.75, 3.05) is 5.88 Å². The Labute approximate surface area is 97.3 Å². The average molecular weight is 246 g/mol. The van der Waals surface area contributed by atoms with Crippen LogP contribution < -0.4 is 0 Å². The zero-order valence-corrected chi connectivity index (χ0v) is 9.13. The molecule has 1 aromatic rings. The number of rotatable bonds is 5. The van der Waals surface area contributed by atoms with Gasteiger partial charge >= 0.3 is 5.97 Å². The van der Waals surface area contributed by atoms with Gasteiger partial charge in [0.1, 0.15) is 11.8 Å². The van der Waals surface area contributed by atoms with Crippen LogP contribution in [0.5, 0.6) is 0 Å². The summed E-state index contributed by atoms with van der Waals surface area (Å²) < 4.78 is 0. The van der Waals surface area contributed by atoms with Crippen LogP contribution in [0, 0.1) is 0 Å². The molecule has 0 aliphatic rings. The van der Waals surface area contributed by atoms with Crippen LogP contribution in [0.4, 0.5) is 0 Å². The second-order valence-corrected chi connectivity index (χ2v) is 3.65. The first kappa shape index (κ1) is 12.9. The normalized spacial score (nSPS) is 14.4. The molecule has 88 valence electrons. The number of aromatic nitrogens is 1. The Kier molecular flexibility index (Phi) is 4.67. The average Bonchev–Trinajstić information content (AvgIpc) is 2.28. The van der Waals surface area contributed by atoms with E-state index in [0.29, 0.717) is 5.56 Å². The highest BCUT2D eigenvalue weighted by Gasteiger charge is 2.18. The molecular formula is C10H12ClNO4. The lowest BCUT2D eigenvalue weighted by Crippen LogP contribution is -2.19. The van der Waals surface area contributed by atoms with Crippen molar-refractivity contribution in [1.82, 2.24) is 4.98 Å². The number of hydrogen-bond acceptors (Lipinski definition) is 4. The minimum atomic E-state index is -1.14. The van der Waals surface area contributed by atoms with Crippen molar-refractivity contribution in [3.63, 3.8) is 0 Å². The first-order valence-electron chi connectivity index (χ1n) is 4.67. The smallest absolute Gasteiger partial charge is 0.354 e. The third-order valence-electron chi connectivity index (χ3n) is 2.12. The summed E-state index contributed by atoms with van der Waals surface area (Å²) in [5, 5.41) is 27.7. The Morgan fingerprint density at radius 3 is 2.56 bits per heavy atom. The molecular weight excluding hydrogens is 234 g/mol. The molecule has 0 fully saturated rings. The summed E-state index contributed by atoms with van der Waals surface area (Å²) in [5.41, 5.74) is 0.255. The van der Waals surface area contributed by atoms with E-state index in [-0.39, 0.29) is 18.0 Å². The fourth-order valence-electron chi connectivity index (χ4n) is 1.20. The zero-order valence-electron chi connectivity index (χ0n) is 8.38. The molecule has 0 bridgehead atoms. The van der Waals surface area contributed by atoms with Gasteiger partial charge in [0.2, 0.25) is 0 Å². The number of carbonyl (C=O) groups is 1. The monoisotopic (exact) mass is 245 g/mol. The molecule has 2 unspecified atom stereocenters. The SMILES string of the molecule is O=C(O)c1ccc(C(O)C(O)CCCl)cn1. The summed E-state index contributed by atoms with van der Waals surface area (Å²) in [6, 6.07) is 2.69. The van der Waals surface area contributed by atoms with Gasteiger partial charge in [0.05, 0.1) is 6.10 Å². The van der Waals surface area contributed by atoms with Gasteiger partial charge in [-0.3, -0.25) is 0 Å². The topological polar surface area (TPSA) is 90.7 Å². The van der Waals surface area contributed by atoms with E-state index in [4.69, 9.17) is 16.7 Å². The van der Waals surface area contributed by atoms with Gasteiger partial charge in [0.25, 0.3) is 0 Å². The Morgan fingerprint density at radius 1 is 1.44 bits per heavy atom. The maximum atomic E-state index is 10.5. The Hall–Kier alpha value is -1.17. The van der Waals surface area contributed by atoms with Crippen LogP contribution in [0.15, 0.2) is 18.3 Å². The molecule has 1 rings (SSSR count). The van der Waals surface area contributed by atoms with Crippen LogP contribution in [0.2, 0.25) is 0 Å². The van der Waals surface area contributed by atoms with Crippen molar-refractivity contribution < 1.29 is 20.1 Å². The van der Waals surface area contributed by atoms with E-state index in [0.717, 1.165) is 0 Å². The van der Waals surface area contributed by atoms with E-state index in [2.05, 4.69) is 4.98 Å². The summed E-state index contributed by atoms with van der Waals surface area (Å²) >= 11 is 5.43. The quantitative estimate of drug-likeness (QED) is 0.668. The van der Waals surface area contributed by atoms with Gasteiger partial charge < -0.3 is 15.3 Å². The number of hydrogen-bond donors (Lipinski definition) is 3. The molecule has 1 aromatic heterocycles. The van der Waals surface area contributed by atoms with E-state index in [1.54, 1.807) is 0 Å². The predicted octanol–water partition coefficient (Wildman–Crippen LogP) is 0.803. The lowest BCUT2D eigenvalue weighted by atomic mass is 10.0. The maximum absolute atomic E-state index is 10.5. The van der Waals surface area contributed by atoms with E-state index in [1.807, 2.05) is 0 Å². The first-order chi connectivity index (χ1) is 7.56. The van der Waals surface area contributed by atoms with Gasteiger partial charge in [-0.05, 0) is 12.5 Å². The number of halogens is 1. The molecule has 0 aromatic carbocycles. The van der Waals surface area contributed by atoms with Gasteiger partial charge in [-0.1, -0.05) is 6.07 Å². The zero-order chi connectivity index (χ0) is 12.1. The summed E-state index contributed by atoms with van der Waals surface area (Å²) in [6.45, 7) is 0. The summed E-state index contributed by atoms with van der Waals surface area (Å²) in [5.74, 6) is -0.902. The van der Waals surface area contributed by atoms with Crippen molar-refractivity contribution in [3.8, 4) is 0 Å². The number of carboxylic acids is 1. The van der Waals surface area contributed by atoms with Crippen molar-refractivity contribution in [3.05, 3.63) is 29.6 Å². The highest BCUT2D eigenvalue weighted by molar-refractivity contribution is 6.17. The second kappa shape index (κ2) is 5.79. The highest BCUT2D eigenvalue weighted by atomic mass is 35.5. The molecule has 0 aliphatic heterocycles. The number of carboxylic acid groups (broad SMARTS) is 1. The molecule has 0 saturated heterocycles. The van der Waals surface area contributed by atoms with Gasteiger partial charge in [0, 0.05) is 17.6 Å². The van der Waals surface area contributed by atoms with Crippen LogP contribution in [0.1, 0.15) is 28.6 Å². The number of aliphatic hydroxyl groups is 2. The third kappa shape index (κ3) is 3.16. The Morgan fingerprint density at radius 2 is 2.12 bits per heavy atom. The summed E-state index contributed by atoms with van der Waals surface area (Å²) in [4.78, 5) is 14.2. The molecule has 16 heavy (non-hydrogen) atoms. The summed E-state index contributed by atoms with van der Waals surface area (Å²) in [6.07, 6.45) is -0.598. The van der Waals surface area contributed by atoms with Crippen molar-refractivity contribution in [2.45, 2.75) is 18.6 Å². The standard InChI is InChI=1S/C10H12ClNO4/c11-4-3-8(13)9(14)6-1-2-7(10(15)16)12-5-6/h1-2,5,8-9,13-14H,3-4H2,(H,15,16). The molecule has 0 radical (unpaired) electrons. The van der Waals surface area contributed by atoms with Crippen LogP contribution >= 0.6 is 11.6 Å². The lowest BCUT2D eigenvalue weighted by molar-refractivity contribution is 0.0168. The van der Waals surface area contributed by atoms with Crippen LogP contribution in [-0.4, -0.2) is 38.3 Å². The highest BCUT2D eigenvalue weighted by Crippen LogP contribution is 2.18. The number of aliphatic hydroxyl groups excluding tert-OH is 2. The number of aromatic carboxylic acids is 1. The van der Waals surface area contributed by atoms with Gasteiger partial charge in [-0.2, -0.15) is 0 Å². The molecule has 1 heterocycles. The van der Waals surface area contributed by atoms with Crippen molar-refractivity contribution in [1.29, 1.82) is 0 Å². The first-order valence-corrected chi connectivity index (χ1v) is 5.21. The van der Waals surface area contributed by atoms with Crippen LogP contribution in [0.3, 0.4) is 0 Å². The predicted molar refractivity (Wildman–Crippen MR) is 57.5 cm³/mol. The minimum absolute atomic E-state index is 0.109. The maximum Gasteiger partial charge on any atom is 0.354 e. The molecule has 0 aliphatic carbocycles. The molecule has 2 atom stereocenters. The third-order valence-corrected chi connectivity index (χ3v) is 2.33. The number of nitrogens with zero attached hydrogens (tertiary/aromatic N) is 1. The van der Waals surface area contributed by atoms with Crippen LogP contribution in [0.25, 0.3) is 0 Å². The molecule has 6 heteroatoms. The molecule has 5 nitrogen and oxygen atoms in total. The number of alkyl halides is 1. The van der Waals surface area contributed by atoms with E-state index < -0.39 is 18.2 Å². The largest absolute Gasteiger partial charge is 0.477 e. The molecule has 0 saturated carbocycles. The van der Waals surface area contributed by atoms with Gasteiger partial charge in [0.15, 0.2) is 0 Å². The Balaban J connectivity index is 2.77. The molecule has 0 spiro atoms. The fourth-order valence-corrected chi connectivity index (χ4v) is 1.42. The van der Waals surface area contributed by atoms with Crippen molar-refractivity contribution in [2.24, 2.45) is 0 Å². The second-order valence-electron chi connectivity index (χ2n) is 3.27. The Bertz CT molecular complexity index is 354. The lowest BCUT2D eigenvalue weighted by Gasteiger charge is -2.16. The van der Waals surface area contributed by atoms with Gasteiger partial charge in [-0.25, -0.2) is 9.78 Å². The van der Waals surface area contributed by atoms with E-state index in [1.165, 1.54) is 18.3 Å². The number of pyridine rings is 1. The van der Waals surface area contributed by atoms with E-state index >= 15 is 0 Å². The summed E-state index contributed by atoms with van der Waals surface area (Å²) in [7, 11) is 0. The molecule has 3 N–H and O–H groups in total. The molecule has 0 amide bonds. The minimum Gasteiger partial charge on any atom is -0.477 e. The fraction of sp³-hybridized carbons (Fsp3) is 0.400.